The Kier molecular flexibility index (Phi) is 6.86. The highest BCUT2D eigenvalue weighted by atomic mass is 35.6. The molecule has 0 aromatic carbocycles. The molecular weight excluding hydrogens is 156 g/mol. The van der Waals surface area contributed by atoms with Gasteiger partial charge in [-0.3, -0.25) is 0 Å². The van der Waals surface area contributed by atoms with Crippen molar-refractivity contribution in [3.63, 3.8) is 0 Å². The van der Waals surface area contributed by atoms with E-state index in [1.165, 1.54) is 0 Å². The minimum atomic E-state index is -1.43. The van der Waals surface area contributed by atoms with Crippen LogP contribution in [0, 0.1) is 0 Å². The Morgan fingerprint density at radius 3 is 2.67 bits per heavy atom. The Morgan fingerprint density at radius 2 is 2.22 bits per heavy atom. The molecule has 0 aliphatic rings. The van der Waals surface area contributed by atoms with Crippen LogP contribution >= 0.6 is 11.1 Å². The van der Waals surface area contributed by atoms with Crippen LogP contribution < -0.4 is 0 Å². The number of hydrogen-bond donors (Lipinski definition) is 0. The molecule has 55 valence electrons. The molecule has 0 saturated heterocycles. The summed E-state index contributed by atoms with van der Waals surface area (Å²) in [6.07, 6.45) is 2.19. The highest BCUT2D eigenvalue weighted by Gasteiger charge is 2.07. The second-order valence-electron chi connectivity index (χ2n) is 1.64. The molecule has 2 nitrogen and oxygen atoms in total. The highest BCUT2D eigenvalue weighted by molar-refractivity contribution is 6.99. The Bertz CT molecular complexity index is 62.9. The first-order chi connectivity index (χ1) is 4.31. The van der Waals surface area contributed by atoms with Crippen molar-refractivity contribution in [3.8, 4) is 0 Å². The van der Waals surface area contributed by atoms with Crippen LogP contribution in [0.3, 0.4) is 0 Å². The first-order valence-electron chi connectivity index (χ1n) is 3.00. The van der Waals surface area contributed by atoms with E-state index in [9.17, 15) is 0 Å². The third-order valence-electron chi connectivity index (χ3n) is 0.874. The number of hydrogen-bond acceptors (Lipinski definition) is 2. The van der Waals surface area contributed by atoms with Crippen molar-refractivity contribution >= 4 is 19.7 Å². The number of rotatable bonds is 5. The van der Waals surface area contributed by atoms with Gasteiger partial charge >= 0.3 is 8.59 Å². The third kappa shape index (κ3) is 6.31. The van der Waals surface area contributed by atoms with Crippen molar-refractivity contribution in [2.24, 2.45) is 0 Å². The van der Waals surface area contributed by atoms with Crippen molar-refractivity contribution in [1.82, 2.24) is 0 Å². The zero-order valence-electron chi connectivity index (χ0n) is 5.82. The van der Waals surface area contributed by atoms with Crippen molar-refractivity contribution in [3.05, 3.63) is 0 Å². The second-order valence-corrected chi connectivity index (χ2v) is 3.74. The average Bonchev–Trinajstić information content (AvgIpc) is 1.89. The van der Waals surface area contributed by atoms with Gasteiger partial charge in [0.05, 0.1) is 0 Å². The zero-order chi connectivity index (χ0) is 7.11. The van der Waals surface area contributed by atoms with E-state index in [2.05, 4.69) is 6.92 Å². The van der Waals surface area contributed by atoms with Crippen molar-refractivity contribution in [2.75, 3.05) is 13.7 Å². The highest BCUT2D eigenvalue weighted by Crippen LogP contribution is 1.95. The molecule has 1 radical (unpaired) electrons. The minimum Gasteiger partial charge on any atom is -0.385 e. The normalized spacial score (nSPS) is 10.7. The van der Waals surface area contributed by atoms with Crippen LogP contribution in [0.4, 0.5) is 0 Å². The molecule has 0 fully saturated rings. The molecule has 0 rings (SSSR count). The lowest BCUT2D eigenvalue weighted by Gasteiger charge is -2.02. The smallest absolute Gasteiger partial charge is 0.385 e. The van der Waals surface area contributed by atoms with Crippen LogP contribution in [0.15, 0.2) is 0 Å². The quantitative estimate of drug-likeness (QED) is 0.353. The lowest BCUT2D eigenvalue weighted by atomic mass is 10.4. The summed E-state index contributed by atoms with van der Waals surface area (Å²) >= 11 is 5.56. The third-order valence-corrected chi connectivity index (χ3v) is 2.42. The topological polar surface area (TPSA) is 18.5 Å². The van der Waals surface area contributed by atoms with Gasteiger partial charge in [0.2, 0.25) is 0 Å². The maximum Gasteiger partial charge on any atom is 0.505 e. The van der Waals surface area contributed by atoms with E-state index in [-0.39, 0.29) is 0 Å². The summed E-state index contributed by atoms with van der Waals surface area (Å²) in [5.74, 6) is 0. The van der Waals surface area contributed by atoms with Gasteiger partial charge in [0.25, 0.3) is 0 Å². The van der Waals surface area contributed by atoms with Gasteiger partial charge in [0.15, 0.2) is 0 Å². The number of unbranched alkanes of at least 4 members (excludes halogenated alkanes) is 1. The van der Waals surface area contributed by atoms with E-state index in [1.54, 1.807) is 7.11 Å². The molecule has 0 heterocycles. The summed E-state index contributed by atoms with van der Waals surface area (Å²) in [6, 6.07) is 0. The van der Waals surface area contributed by atoms with Gasteiger partial charge in [-0.05, 0) is 6.42 Å². The Labute approximate surface area is 62.7 Å². The molecule has 0 N–H and O–H groups in total. The predicted octanol–water partition coefficient (Wildman–Crippen LogP) is 1.67. The number of halogens is 1. The van der Waals surface area contributed by atoms with Gasteiger partial charge in [-0.1, -0.05) is 24.4 Å². The Balaban J connectivity index is 2.88. The second kappa shape index (κ2) is 6.55. The molecule has 0 saturated carbocycles. The molecule has 0 amide bonds. The molecule has 0 unspecified atom stereocenters. The molecular formula is C5H12ClO2Si. The molecule has 0 aliphatic carbocycles. The lowest BCUT2D eigenvalue weighted by Crippen LogP contribution is -2.13. The molecule has 0 aromatic heterocycles. The van der Waals surface area contributed by atoms with E-state index >= 15 is 0 Å². The van der Waals surface area contributed by atoms with Gasteiger partial charge in [-0.2, -0.15) is 0 Å². The SMILES string of the molecule is CCCCO[Si](Cl)OC. The van der Waals surface area contributed by atoms with Crippen molar-refractivity contribution < 1.29 is 8.85 Å². The molecule has 0 spiro atoms. The fraction of sp³-hybridized carbons (Fsp3) is 1.00. The molecule has 0 aliphatic heterocycles. The van der Waals surface area contributed by atoms with Gasteiger partial charge in [-0.25, -0.2) is 0 Å². The van der Waals surface area contributed by atoms with Crippen molar-refractivity contribution in [2.45, 2.75) is 19.8 Å². The monoisotopic (exact) mass is 167 g/mol. The van der Waals surface area contributed by atoms with Gasteiger partial charge in [-0.15, -0.1) is 0 Å². The molecule has 4 heteroatoms. The Morgan fingerprint density at radius 1 is 1.56 bits per heavy atom. The van der Waals surface area contributed by atoms with Crippen LogP contribution in [0.5, 0.6) is 0 Å². The molecule has 9 heavy (non-hydrogen) atoms. The standard InChI is InChI=1S/C5H12ClO2Si/c1-3-4-5-8-9(6)7-2/h3-5H2,1-2H3. The van der Waals surface area contributed by atoms with Crippen LogP contribution in [0.2, 0.25) is 0 Å². The van der Waals surface area contributed by atoms with E-state index in [1.807, 2.05) is 0 Å². The minimum absolute atomic E-state index is 0.724. The summed E-state index contributed by atoms with van der Waals surface area (Å²) in [5.41, 5.74) is 0. The summed E-state index contributed by atoms with van der Waals surface area (Å²) in [6.45, 7) is 2.83. The Hall–Kier alpha value is 0.427. The molecule has 0 aromatic rings. The fourth-order valence-corrected chi connectivity index (χ4v) is 1.01. The summed E-state index contributed by atoms with van der Waals surface area (Å²) < 4.78 is 9.82. The zero-order valence-corrected chi connectivity index (χ0v) is 7.57. The first-order valence-corrected chi connectivity index (χ1v) is 5.33. The predicted molar refractivity (Wildman–Crippen MR) is 39.5 cm³/mol. The van der Waals surface area contributed by atoms with E-state index in [0.29, 0.717) is 0 Å². The molecule has 0 bridgehead atoms. The van der Waals surface area contributed by atoms with Gasteiger partial charge in [0, 0.05) is 13.7 Å². The largest absolute Gasteiger partial charge is 0.505 e. The molecule has 0 atom stereocenters. The lowest BCUT2D eigenvalue weighted by molar-refractivity contribution is 0.243. The van der Waals surface area contributed by atoms with Crippen LogP contribution in [-0.4, -0.2) is 22.3 Å². The van der Waals surface area contributed by atoms with Crippen molar-refractivity contribution in [1.29, 1.82) is 0 Å². The van der Waals surface area contributed by atoms with Gasteiger partial charge in [0.1, 0.15) is 0 Å². The van der Waals surface area contributed by atoms with Crippen LogP contribution in [-0.2, 0) is 8.85 Å². The van der Waals surface area contributed by atoms with Crippen LogP contribution in [0.25, 0.3) is 0 Å². The summed E-state index contributed by atoms with van der Waals surface area (Å²) in [7, 11) is 0.134. The average molecular weight is 168 g/mol. The summed E-state index contributed by atoms with van der Waals surface area (Å²) in [4.78, 5) is 0. The van der Waals surface area contributed by atoms with E-state index in [0.717, 1.165) is 19.4 Å². The van der Waals surface area contributed by atoms with Gasteiger partial charge < -0.3 is 8.85 Å². The maximum atomic E-state index is 5.56. The fourth-order valence-electron chi connectivity index (χ4n) is 0.356. The van der Waals surface area contributed by atoms with Crippen LogP contribution in [0.1, 0.15) is 19.8 Å². The first kappa shape index (κ1) is 9.43. The van der Waals surface area contributed by atoms with E-state index in [4.69, 9.17) is 19.9 Å². The van der Waals surface area contributed by atoms with E-state index < -0.39 is 8.59 Å². The summed E-state index contributed by atoms with van der Waals surface area (Å²) in [5, 5.41) is 0. The maximum absolute atomic E-state index is 5.56.